The number of hydrogen-bond acceptors (Lipinski definition) is 4. The predicted molar refractivity (Wildman–Crippen MR) is 250 cm³/mol. The Morgan fingerprint density at radius 1 is 0.276 bits per heavy atom. The van der Waals surface area contributed by atoms with Crippen molar-refractivity contribution in [1.29, 1.82) is 0 Å². The lowest BCUT2D eigenvalue weighted by atomic mass is 9.96. The summed E-state index contributed by atoms with van der Waals surface area (Å²) in [6, 6.07) is 37.7. The Bertz CT molecular complexity index is 2480. The van der Waals surface area contributed by atoms with E-state index < -0.39 is 0 Å². The van der Waals surface area contributed by atoms with Crippen LogP contribution in [-0.4, -0.2) is 0 Å². The molecule has 0 fully saturated rings. The highest BCUT2D eigenvalue weighted by atomic mass is 15.5. The van der Waals surface area contributed by atoms with Crippen LogP contribution in [0.1, 0.15) is 106 Å². The molecule has 8 rings (SSSR count). The second-order valence-corrected chi connectivity index (χ2v) is 17.8. The summed E-state index contributed by atoms with van der Waals surface area (Å²) in [7, 11) is 0. The molecular formula is C54H60N4. The van der Waals surface area contributed by atoms with E-state index in [1.54, 1.807) is 0 Å². The summed E-state index contributed by atoms with van der Waals surface area (Å²) in [6.45, 7) is 31.6. The first kappa shape index (κ1) is 39.1. The van der Waals surface area contributed by atoms with Gasteiger partial charge in [0.1, 0.15) is 0 Å². The van der Waals surface area contributed by atoms with Gasteiger partial charge in [-0.1, -0.05) is 52.0 Å². The van der Waals surface area contributed by atoms with Crippen molar-refractivity contribution in [2.24, 2.45) is 0 Å². The van der Waals surface area contributed by atoms with Crippen LogP contribution in [0.25, 0.3) is 0 Å². The van der Waals surface area contributed by atoms with Gasteiger partial charge in [0.15, 0.2) is 11.6 Å². The van der Waals surface area contributed by atoms with Crippen LogP contribution in [0.5, 0.6) is 0 Å². The van der Waals surface area contributed by atoms with Gasteiger partial charge in [-0.3, -0.25) is 19.6 Å². The normalized spacial score (nSPS) is 15.0. The molecule has 2 aliphatic heterocycles. The molecule has 0 unspecified atom stereocenters. The second-order valence-electron chi connectivity index (χ2n) is 17.8. The van der Waals surface area contributed by atoms with Gasteiger partial charge in [0.25, 0.3) is 0 Å². The summed E-state index contributed by atoms with van der Waals surface area (Å²) < 4.78 is 0. The highest BCUT2D eigenvalue weighted by molar-refractivity contribution is 6.01. The summed E-state index contributed by atoms with van der Waals surface area (Å²) in [6.07, 6.45) is 0. The molecule has 6 aromatic rings. The summed E-state index contributed by atoms with van der Waals surface area (Å²) >= 11 is 0. The molecule has 0 saturated heterocycles. The van der Waals surface area contributed by atoms with Crippen LogP contribution in [0.2, 0.25) is 0 Å². The van der Waals surface area contributed by atoms with Gasteiger partial charge in [-0.25, -0.2) is 0 Å². The molecule has 0 saturated carbocycles. The summed E-state index contributed by atoms with van der Waals surface area (Å²) in [5.41, 5.74) is 24.9. The molecule has 2 heterocycles. The van der Waals surface area contributed by atoms with Crippen molar-refractivity contribution < 1.29 is 0 Å². The van der Waals surface area contributed by atoms with Crippen molar-refractivity contribution in [3.63, 3.8) is 0 Å². The van der Waals surface area contributed by atoms with Crippen LogP contribution < -0.4 is 19.6 Å². The van der Waals surface area contributed by atoms with Crippen LogP contribution >= 0.6 is 0 Å². The molecule has 0 aliphatic carbocycles. The van der Waals surface area contributed by atoms with E-state index in [1.807, 2.05) is 0 Å². The maximum Gasteiger partial charge on any atom is 0.166 e. The average Bonchev–Trinajstić information content (AvgIpc) is 3.67. The Labute approximate surface area is 348 Å². The van der Waals surface area contributed by atoms with Gasteiger partial charge in [0.05, 0.1) is 22.7 Å². The molecule has 6 aromatic carbocycles. The molecule has 2 aliphatic rings. The average molecular weight is 765 g/mol. The smallest absolute Gasteiger partial charge is 0.166 e. The molecule has 296 valence electrons. The van der Waals surface area contributed by atoms with Gasteiger partial charge >= 0.3 is 0 Å². The van der Waals surface area contributed by atoms with Crippen LogP contribution in [-0.2, 0) is 0 Å². The number of rotatable bonds is 6. The monoisotopic (exact) mass is 764 g/mol. The third kappa shape index (κ3) is 6.38. The van der Waals surface area contributed by atoms with Crippen molar-refractivity contribution >= 4 is 45.5 Å². The third-order valence-corrected chi connectivity index (χ3v) is 13.0. The lowest BCUT2D eigenvalue weighted by Gasteiger charge is -2.34. The summed E-state index contributed by atoms with van der Waals surface area (Å²) in [4.78, 5) is 10.2. The molecule has 0 radical (unpaired) electrons. The van der Waals surface area contributed by atoms with Crippen molar-refractivity contribution in [1.82, 2.24) is 0 Å². The minimum absolute atomic E-state index is 0.367. The molecule has 0 aromatic heterocycles. The highest BCUT2D eigenvalue weighted by Crippen LogP contribution is 2.58. The first-order valence-corrected chi connectivity index (χ1v) is 21.1. The quantitative estimate of drug-likeness (QED) is 0.167. The first-order valence-electron chi connectivity index (χ1n) is 21.1. The fourth-order valence-corrected chi connectivity index (χ4v) is 8.92. The topological polar surface area (TPSA) is 13.0 Å². The number of fused-ring (bicyclic) bond motifs is 2. The fourth-order valence-electron chi connectivity index (χ4n) is 8.92. The molecule has 0 spiro atoms. The van der Waals surface area contributed by atoms with Crippen molar-refractivity contribution in [3.05, 3.63) is 175 Å². The van der Waals surface area contributed by atoms with Gasteiger partial charge in [0, 0.05) is 22.7 Å². The Kier molecular flexibility index (Phi) is 9.83. The van der Waals surface area contributed by atoms with E-state index in [2.05, 4.69) is 214 Å². The van der Waals surface area contributed by atoms with E-state index in [1.165, 1.54) is 89.5 Å². The van der Waals surface area contributed by atoms with Crippen LogP contribution in [0.15, 0.2) is 109 Å². The Balaban J connectivity index is 1.61. The van der Waals surface area contributed by atoms with Crippen LogP contribution in [0, 0.1) is 69.2 Å². The molecule has 0 atom stereocenters. The molecule has 4 heteroatoms. The number of nitrogens with zero attached hydrogens (tertiary/aromatic N) is 4. The van der Waals surface area contributed by atoms with E-state index in [0.717, 1.165) is 34.4 Å². The Morgan fingerprint density at radius 2 is 0.517 bits per heavy atom. The zero-order chi connectivity index (χ0) is 41.5. The number of aryl methyl sites for hydroxylation is 10. The third-order valence-electron chi connectivity index (χ3n) is 13.0. The van der Waals surface area contributed by atoms with Crippen molar-refractivity contribution in [2.45, 2.75) is 109 Å². The highest BCUT2D eigenvalue weighted by Gasteiger charge is 2.45. The van der Waals surface area contributed by atoms with Gasteiger partial charge in [-0.05, 0) is 221 Å². The van der Waals surface area contributed by atoms with E-state index in [9.17, 15) is 0 Å². The van der Waals surface area contributed by atoms with Crippen molar-refractivity contribution in [2.75, 3.05) is 19.6 Å². The SMILES string of the molecule is Cc1ccc(N2/C(=C3/N(c4ccc(C)c(C)c4)c4cc(C)c(C(C)C)cc4N3c3ccc(C)c(C)c3)N(c3ccc(C)c(C)c3)c3cc(C(C)C)c(C)cc32)cc1C. The molecule has 0 N–H and O–H groups in total. The van der Waals surface area contributed by atoms with E-state index >= 15 is 0 Å². The molecule has 0 bridgehead atoms. The maximum absolute atomic E-state index is 2.56. The zero-order valence-electron chi connectivity index (χ0n) is 37.2. The first-order chi connectivity index (χ1) is 27.5. The Morgan fingerprint density at radius 3 is 0.741 bits per heavy atom. The maximum atomic E-state index is 2.56. The second kappa shape index (κ2) is 14.6. The fraction of sp³-hybridized carbons (Fsp3) is 0.296. The predicted octanol–water partition coefficient (Wildman–Crippen LogP) is 15.4. The standard InChI is InChI=1S/C54H60N4/c1-31(2)47-29-51-49(27-41(47)13)55(43-19-15-33(5)37(9)23-43)53(57(51)45-21-17-35(7)39(11)25-45)54-56(44-20-16-34(6)38(10)24-44)50-28-42(14)48(32(3)4)30-52(50)58(54)46-22-18-36(8)40(12)26-46/h15-32H,1-14H3/b54-53+. The van der Waals surface area contributed by atoms with Gasteiger partial charge in [-0.2, -0.15) is 0 Å². The number of benzene rings is 6. The zero-order valence-corrected chi connectivity index (χ0v) is 37.2. The van der Waals surface area contributed by atoms with Gasteiger partial charge < -0.3 is 0 Å². The molecular weight excluding hydrogens is 705 g/mol. The largest absolute Gasteiger partial charge is 0.291 e. The molecule has 58 heavy (non-hydrogen) atoms. The van der Waals surface area contributed by atoms with Gasteiger partial charge in [-0.15, -0.1) is 0 Å². The van der Waals surface area contributed by atoms with Crippen molar-refractivity contribution in [3.8, 4) is 0 Å². The van der Waals surface area contributed by atoms with Crippen LogP contribution in [0.3, 0.4) is 0 Å². The molecule has 0 amide bonds. The molecule has 4 nitrogen and oxygen atoms in total. The lowest BCUT2D eigenvalue weighted by Crippen LogP contribution is -2.33. The summed E-state index contributed by atoms with van der Waals surface area (Å²) in [5, 5.41) is 0. The van der Waals surface area contributed by atoms with Gasteiger partial charge in [0.2, 0.25) is 0 Å². The van der Waals surface area contributed by atoms with E-state index in [4.69, 9.17) is 0 Å². The number of anilines is 8. The van der Waals surface area contributed by atoms with Crippen LogP contribution in [0.4, 0.5) is 45.5 Å². The Hall–Kier alpha value is -5.74. The van der Waals surface area contributed by atoms with E-state index in [-0.39, 0.29) is 0 Å². The summed E-state index contributed by atoms with van der Waals surface area (Å²) in [5.74, 6) is 2.92. The minimum Gasteiger partial charge on any atom is -0.291 e. The number of hydrogen-bond donors (Lipinski definition) is 0. The lowest BCUT2D eigenvalue weighted by molar-refractivity contribution is 0.856. The minimum atomic E-state index is 0.367. The van der Waals surface area contributed by atoms with E-state index in [0.29, 0.717) is 11.8 Å².